The number of oxime groups is 1. The molecular weight excluding hydrogens is 505 g/mol. The molecule has 39 heavy (non-hydrogen) atoms. The molecule has 1 fully saturated rings. The van der Waals surface area contributed by atoms with Crippen LogP contribution in [0.4, 0.5) is 9.18 Å². The van der Waals surface area contributed by atoms with Crippen molar-refractivity contribution in [2.24, 2.45) is 11.1 Å². The maximum Gasteiger partial charge on any atom is 0.407 e. The number of halogens is 1. The summed E-state index contributed by atoms with van der Waals surface area (Å²) in [6.45, 7) is 7.44. The minimum Gasteiger partial charge on any atom is -0.494 e. The largest absolute Gasteiger partial charge is 0.494 e. The first-order valence-electron chi connectivity index (χ1n) is 13.2. The number of nitrogens with one attached hydrogen (secondary N) is 2. The lowest BCUT2D eigenvalue weighted by Crippen LogP contribution is -2.42. The van der Waals surface area contributed by atoms with Crippen molar-refractivity contribution in [2.75, 3.05) is 7.11 Å². The van der Waals surface area contributed by atoms with Crippen LogP contribution >= 0.6 is 0 Å². The van der Waals surface area contributed by atoms with E-state index in [9.17, 15) is 14.0 Å². The number of nitrogens with zero attached hydrogens (tertiary/aromatic N) is 3. The quantitative estimate of drug-likeness (QED) is 0.531. The molecule has 1 unspecified atom stereocenters. The molecule has 0 radical (unpaired) electrons. The van der Waals surface area contributed by atoms with Gasteiger partial charge in [0, 0.05) is 19.0 Å². The molecule has 2 amide bonds. The number of rotatable bonds is 7. The second-order valence-electron chi connectivity index (χ2n) is 11.0. The monoisotopic (exact) mass is 541 g/mol. The molecule has 2 heterocycles. The summed E-state index contributed by atoms with van der Waals surface area (Å²) >= 11 is 0. The minimum absolute atomic E-state index is 0.0801. The van der Waals surface area contributed by atoms with Crippen LogP contribution in [0.3, 0.4) is 0 Å². The Balaban J connectivity index is 1.30. The Labute approximate surface area is 227 Å². The van der Waals surface area contributed by atoms with Gasteiger partial charge in [0.15, 0.2) is 11.6 Å². The molecule has 2 aliphatic rings. The maximum atomic E-state index is 13.7. The highest BCUT2D eigenvalue weighted by Crippen LogP contribution is 2.33. The number of aryl methyl sites for hydroxylation is 1. The SMILES string of the molecule is COc1cc(CNC(=O)c2cc(C3=NOC(C4CCC(NC(=O)OC(C)(C)C)CC4)C3)nc(C)n2)ccc1F. The molecule has 1 saturated carbocycles. The molecule has 0 saturated heterocycles. The molecule has 1 atom stereocenters. The van der Waals surface area contributed by atoms with Gasteiger partial charge in [-0.1, -0.05) is 11.2 Å². The lowest BCUT2D eigenvalue weighted by Gasteiger charge is -2.31. The Kier molecular flexibility index (Phi) is 8.66. The van der Waals surface area contributed by atoms with Gasteiger partial charge in [0.1, 0.15) is 28.9 Å². The van der Waals surface area contributed by atoms with E-state index in [2.05, 4.69) is 25.8 Å². The number of hydrogen-bond donors (Lipinski definition) is 2. The van der Waals surface area contributed by atoms with Crippen molar-refractivity contribution in [1.82, 2.24) is 20.6 Å². The van der Waals surface area contributed by atoms with Crippen LogP contribution in [-0.4, -0.2) is 52.5 Å². The van der Waals surface area contributed by atoms with E-state index >= 15 is 0 Å². The Morgan fingerprint density at radius 2 is 1.87 bits per heavy atom. The number of benzene rings is 1. The van der Waals surface area contributed by atoms with E-state index in [4.69, 9.17) is 14.3 Å². The van der Waals surface area contributed by atoms with Gasteiger partial charge in [-0.3, -0.25) is 4.79 Å². The van der Waals surface area contributed by atoms with Gasteiger partial charge in [-0.05, 0) is 83.1 Å². The van der Waals surface area contributed by atoms with Crippen molar-refractivity contribution >= 4 is 17.7 Å². The number of alkyl carbamates (subject to hydrolysis) is 1. The summed E-state index contributed by atoms with van der Waals surface area (Å²) < 4.78 is 24.0. The predicted octanol–water partition coefficient (Wildman–Crippen LogP) is 4.44. The summed E-state index contributed by atoms with van der Waals surface area (Å²) in [5.41, 5.74) is 1.62. The fourth-order valence-electron chi connectivity index (χ4n) is 4.83. The van der Waals surface area contributed by atoms with Gasteiger partial charge >= 0.3 is 6.09 Å². The molecule has 4 rings (SSSR count). The van der Waals surface area contributed by atoms with Crippen LogP contribution in [0.5, 0.6) is 5.75 Å². The van der Waals surface area contributed by atoms with E-state index in [0.29, 0.717) is 35.1 Å². The number of ether oxygens (including phenoxy) is 2. The highest BCUT2D eigenvalue weighted by molar-refractivity contribution is 6.01. The third-order valence-electron chi connectivity index (χ3n) is 6.75. The third-order valence-corrected chi connectivity index (χ3v) is 6.75. The molecule has 1 aromatic carbocycles. The second-order valence-corrected chi connectivity index (χ2v) is 11.0. The molecule has 2 N–H and O–H groups in total. The molecule has 1 aliphatic carbocycles. The zero-order valence-electron chi connectivity index (χ0n) is 23.0. The average molecular weight is 542 g/mol. The van der Waals surface area contributed by atoms with Crippen molar-refractivity contribution in [3.8, 4) is 5.75 Å². The number of carbonyl (C=O) groups is 2. The number of hydrogen-bond acceptors (Lipinski definition) is 8. The fourth-order valence-corrected chi connectivity index (χ4v) is 4.83. The van der Waals surface area contributed by atoms with Gasteiger partial charge < -0.3 is 24.9 Å². The Bertz CT molecular complexity index is 1240. The summed E-state index contributed by atoms with van der Waals surface area (Å²) in [4.78, 5) is 39.5. The van der Waals surface area contributed by atoms with Crippen molar-refractivity contribution in [2.45, 2.75) is 84.1 Å². The highest BCUT2D eigenvalue weighted by atomic mass is 19.1. The first-order chi connectivity index (χ1) is 18.5. The van der Waals surface area contributed by atoms with Gasteiger partial charge in [-0.25, -0.2) is 19.2 Å². The predicted molar refractivity (Wildman–Crippen MR) is 142 cm³/mol. The van der Waals surface area contributed by atoms with Crippen LogP contribution < -0.4 is 15.4 Å². The minimum atomic E-state index is -0.524. The summed E-state index contributed by atoms with van der Waals surface area (Å²) in [5, 5.41) is 10.1. The van der Waals surface area contributed by atoms with E-state index in [-0.39, 0.29) is 42.1 Å². The van der Waals surface area contributed by atoms with Crippen LogP contribution in [0.15, 0.2) is 29.4 Å². The van der Waals surface area contributed by atoms with Crippen molar-refractivity contribution in [3.63, 3.8) is 0 Å². The molecule has 11 heteroatoms. The van der Waals surface area contributed by atoms with Crippen molar-refractivity contribution in [3.05, 3.63) is 52.9 Å². The molecular formula is C28H36FN5O5. The van der Waals surface area contributed by atoms with Gasteiger partial charge in [0.25, 0.3) is 5.91 Å². The van der Waals surface area contributed by atoms with E-state index in [1.807, 2.05) is 20.8 Å². The Hall–Kier alpha value is -3.76. The molecule has 1 aromatic heterocycles. The Morgan fingerprint density at radius 3 is 2.56 bits per heavy atom. The Morgan fingerprint density at radius 1 is 1.13 bits per heavy atom. The van der Waals surface area contributed by atoms with Crippen LogP contribution in [0.25, 0.3) is 0 Å². The van der Waals surface area contributed by atoms with Crippen molar-refractivity contribution in [1.29, 1.82) is 0 Å². The van der Waals surface area contributed by atoms with Gasteiger partial charge in [-0.15, -0.1) is 0 Å². The van der Waals surface area contributed by atoms with Crippen LogP contribution in [-0.2, 0) is 16.1 Å². The third kappa shape index (κ3) is 7.64. The number of methoxy groups -OCH3 is 1. The number of amides is 2. The summed E-state index contributed by atoms with van der Waals surface area (Å²) in [6, 6.07) is 6.12. The van der Waals surface area contributed by atoms with Gasteiger partial charge in [0.05, 0.1) is 12.8 Å². The molecule has 2 aromatic rings. The first kappa shape index (κ1) is 28.3. The maximum absolute atomic E-state index is 13.7. The summed E-state index contributed by atoms with van der Waals surface area (Å²) in [7, 11) is 1.39. The topological polar surface area (TPSA) is 124 Å². The molecule has 0 bridgehead atoms. The van der Waals surface area contributed by atoms with E-state index in [1.165, 1.54) is 19.2 Å². The summed E-state index contributed by atoms with van der Waals surface area (Å²) in [5.74, 6) is 0.0229. The van der Waals surface area contributed by atoms with Gasteiger partial charge in [0.2, 0.25) is 0 Å². The van der Waals surface area contributed by atoms with Crippen LogP contribution in [0.2, 0.25) is 0 Å². The van der Waals surface area contributed by atoms with E-state index in [1.54, 1.807) is 19.1 Å². The normalized spacial score (nSPS) is 21.0. The smallest absolute Gasteiger partial charge is 0.407 e. The first-order valence-corrected chi connectivity index (χ1v) is 13.2. The summed E-state index contributed by atoms with van der Waals surface area (Å²) in [6.07, 6.45) is 3.61. The standard InChI is InChI=1S/C28H36FN5O5/c1-16-31-21(13-23(32-16)26(35)30-15-17-6-11-20(29)25(12-17)37-5)22-14-24(39-34-22)18-7-9-19(10-8-18)33-27(36)38-28(2,3)4/h6,11-13,18-19,24H,7-10,14-15H2,1-5H3,(H,30,35)(H,33,36). The van der Waals surface area contributed by atoms with Crippen molar-refractivity contribution < 1.29 is 28.3 Å². The highest BCUT2D eigenvalue weighted by Gasteiger charge is 2.35. The zero-order valence-corrected chi connectivity index (χ0v) is 23.0. The molecule has 0 spiro atoms. The van der Waals surface area contributed by atoms with Crippen LogP contribution in [0.1, 0.15) is 80.4 Å². The van der Waals surface area contributed by atoms with Crippen LogP contribution in [0, 0.1) is 18.7 Å². The average Bonchev–Trinajstić information content (AvgIpc) is 3.37. The van der Waals surface area contributed by atoms with E-state index < -0.39 is 11.4 Å². The zero-order chi connectivity index (χ0) is 28.2. The molecule has 10 nitrogen and oxygen atoms in total. The number of carbonyl (C=O) groups excluding carboxylic acids is 2. The van der Waals surface area contributed by atoms with E-state index in [0.717, 1.165) is 25.7 Å². The fraction of sp³-hybridized carbons (Fsp3) is 0.536. The molecule has 1 aliphatic heterocycles. The lowest BCUT2D eigenvalue weighted by atomic mass is 9.81. The lowest BCUT2D eigenvalue weighted by molar-refractivity contribution is 0.0207. The van der Waals surface area contributed by atoms with Gasteiger partial charge in [-0.2, -0.15) is 0 Å². The molecule has 210 valence electrons. The second kappa shape index (κ2) is 12.0. The number of aromatic nitrogens is 2.